The third-order valence-electron chi connectivity index (χ3n) is 9.50. The van der Waals surface area contributed by atoms with Crippen LogP contribution in [0.1, 0.15) is 69.6 Å². The van der Waals surface area contributed by atoms with E-state index in [0.29, 0.717) is 0 Å². The number of nitrogens with zero attached hydrogens (tertiary/aromatic N) is 2. The largest absolute Gasteiger partial charge is 0.345 e. The normalized spacial score (nSPS) is 12.3. The first kappa shape index (κ1) is 32.5. The molecule has 1 aromatic heterocycles. The van der Waals surface area contributed by atoms with Crippen LogP contribution in [0.25, 0.3) is 0 Å². The molecule has 0 N–H and O–H groups in total. The van der Waals surface area contributed by atoms with Crippen molar-refractivity contribution in [2.24, 2.45) is 0 Å². The van der Waals surface area contributed by atoms with E-state index >= 15 is 0 Å². The van der Waals surface area contributed by atoms with Crippen molar-refractivity contribution in [3.63, 3.8) is 0 Å². The molecule has 0 aliphatic heterocycles. The van der Waals surface area contributed by atoms with Gasteiger partial charge in [0.2, 0.25) is 7.28 Å². The maximum atomic E-state index is 5.02. The van der Waals surface area contributed by atoms with Crippen molar-refractivity contribution in [1.29, 1.82) is 0 Å². The van der Waals surface area contributed by atoms with Gasteiger partial charge in [0.05, 0.1) is 5.72 Å². The van der Waals surface area contributed by atoms with Gasteiger partial charge in [-0.05, 0) is 54.5 Å². The summed E-state index contributed by atoms with van der Waals surface area (Å²) in [6, 6.07) is 51.7. The van der Waals surface area contributed by atoms with Gasteiger partial charge >= 0.3 is 0 Å². The molecule has 0 aliphatic rings. The molecular formula is C43H46BN2Si. The summed E-state index contributed by atoms with van der Waals surface area (Å²) in [5.74, 6) is 0.0831. The first-order valence-corrected chi connectivity index (χ1v) is 19.0. The maximum Gasteiger partial charge on any atom is 0.215 e. The highest BCUT2D eigenvalue weighted by molar-refractivity contribution is 7.10. The Kier molecular flexibility index (Phi) is 9.25. The van der Waals surface area contributed by atoms with E-state index in [1.54, 1.807) is 0 Å². The number of aromatic nitrogens is 2. The molecule has 1 radical (unpaired) electrons. The first-order valence-electron chi connectivity index (χ1n) is 16.8. The predicted octanol–water partition coefficient (Wildman–Crippen LogP) is 7.31. The second-order valence-electron chi connectivity index (χ2n) is 14.8. The molecule has 1 heterocycles. The second kappa shape index (κ2) is 13.4. The quantitative estimate of drug-likeness (QED) is 0.121. The molecule has 0 bridgehead atoms. The molecule has 0 amide bonds. The van der Waals surface area contributed by atoms with Crippen LogP contribution < -0.4 is 21.3 Å². The van der Waals surface area contributed by atoms with Gasteiger partial charge < -0.3 is 4.57 Å². The Morgan fingerprint density at radius 2 is 1.02 bits per heavy atom. The smallest absolute Gasteiger partial charge is 0.215 e. The second-order valence-corrected chi connectivity index (χ2v) is 18.7. The molecule has 0 saturated heterocycles. The maximum absolute atomic E-state index is 5.02. The number of hydrogen-bond donors (Lipinski definition) is 0. The molecule has 0 unspecified atom stereocenters. The van der Waals surface area contributed by atoms with E-state index in [1.807, 2.05) is 6.20 Å². The van der Waals surface area contributed by atoms with Gasteiger partial charge in [-0.25, -0.2) is 0 Å². The molecule has 235 valence electrons. The lowest BCUT2D eigenvalue weighted by molar-refractivity contribution is 0.590. The first-order chi connectivity index (χ1) is 22.6. The van der Waals surface area contributed by atoms with E-state index in [2.05, 4.69) is 199 Å². The van der Waals surface area contributed by atoms with Crippen LogP contribution in [0.2, 0.25) is 0 Å². The van der Waals surface area contributed by atoms with Crippen LogP contribution in [0.5, 0.6) is 0 Å². The minimum Gasteiger partial charge on any atom is -0.345 e. The molecule has 2 nitrogen and oxygen atoms in total. The van der Waals surface area contributed by atoms with Gasteiger partial charge in [0.25, 0.3) is 0 Å². The molecule has 5 aromatic carbocycles. The van der Waals surface area contributed by atoms with Crippen molar-refractivity contribution in [3.8, 4) is 0 Å². The summed E-state index contributed by atoms with van der Waals surface area (Å²) in [6.07, 6.45) is 4.99. The molecule has 47 heavy (non-hydrogen) atoms. The van der Waals surface area contributed by atoms with Gasteiger partial charge in [-0.1, -0.05) is 181 Å². The number of benzene rings is 5. The molecule has 0 spiro atoms. The van der Waals surface area contributed by atoms with Gasteiger partial charge in [-0.2, -0.15) is 0 Å². The van der Waals surface area contributed by atoms with Gasteiger partial charge in [0, 0.05) is 18.6 Å². The van der Waals surface area contributed by atoms with Gasteiger partial charge in [-0.15, -0.1) is 0 Å². The SMILES string of the molecule is CC(C)(C)c1cccc([Si](Cn2ccnc2[B]C(c2ccccc2)c2ccccc2)(c2ccccc2)c2cccc(C(C)(C)C)c2)c1. The highest BCUT2D eigenvalue weighted by Gasteiger charge is 2.41. The fourth-order valence-electron chi connectivity index (χ4n) is 6.72. The fourth-order valence-corrected chi connectivity index (χ4v) is 11.4. The van der Waals surface area contributed by atoms with Crippen molar-refractivity contribution in [3.05, 3.63) is 174 Å². The van der Waals surface area contributed by atoms with Crippen LogP contribution in [0.3, 0.4) is 0 Å². The lowest BCUT2D eigenvalue weighted by Crippen LogP contribution is -2.70. The third kappa shape index (κ3) is 6.99. The molecule has 0 atom stereocenters. The van der Waals surface area contributed by atoms with E-state index in [0.717, 1.165) is 11.9 Å². The monoisotopic (exact) mass is 629 g/mol. The van der Waals surface area contributed by atoms with Crippen LogP contribution in [0, 0.1) is 0 Å². The van der Waals surface area contributed by atoms with Crippen molar-refractivity contribution in [2.45, 2.75) is 64.4 Å². The summed E-state index contributed by atoms with van der Waals surface area (Å²) < 4.78 is 2.42. The summed E-state index contributed by atoms with van der Waals surface area (Å²) in [5.41, 5.74) is 6.31. The topological polar surface area (TPSA) is 17.8 Å². The lowest BCUT2D eigenvalue weighted by Gasteiger charge is -2.36. The van der Waals surface area contributed by atoms with Crippen LogP contribution in [-0.2, 0) is 17.0 Å². The minimum absolute atomic E-state index is 0.0344. The molecule has 6 rings (SSSR count). The fraction of sp³-hybridized carbons (Fsp3) is 0.233. The summed E-state index contributed by atoms with van der Waals surface area (Å²) in [4.78, 5) is 5.02. The third-order valence-corrected chi connectivity index (χ3v) is 14.2. The van der Waals surface area contributed by atoms with Crippen LogP contribution in [0.15, 0.2) is 152 Å². The summed E-state index contributed by atoms with van der Waals surface area (Å²) in [7, 11) is -0.334. The highest BCUT2D eigenvalue weighted by Crippen LogP contribution is 2.26. The highest BCUT2D eigenvalue weighted by atomic mass is 28.3. The van der Waals surface area contributed by atoms with Gasteiger partial charge in [0.15, 0.2) is 8.07 Å². The zero-order chi connectivity index (χ0) is 33.1. The predicted molar refractivity (Wildman–Crippen MR) is 204 cm³/mol. The van der Waals surface area contributed by atoms with E-state index < -0.39 is 8.07 Å². The van der Waals surface area contributed by atoms with Crippen LogP contribution in [0.4, 0.5) is 0 Å². The molecular weight excluding hydrogens is 583 g/mol. The molecule has 0 aliphatic carbocycles. The number of rotatable bonds is 9. The standard InChI is InChI=1S/C43H46BN2Si/c1-42(2,3)35-22-16-26-38(30-35)47(37-24-14-9-15-25-37,39-27-17-23-36(31-39)43(4,5)6)32-46-29-28-45-41(46)44-40(33-18-10-7-11-19-33)34-20-12-8-13-21-34/h7-31,40H,32H2,1-6H3. The van der Waals surface area contributed by atoms with Crippen molar-refractivity contribution < 1.29 is 0 Å². The molecule has 6 aromatic rings. The lowest BCUT2D eigenvalue weighted by atomic mass is 9.58. The molecule has 0 saturated carbocycles. The number of hydrogen-bond acceptors (Lipinski definition) is 1. The molecule has 0 fully saturated rings. The average Bonchev–Trinajstić information content (AvgIpc) is 3.53. The Bertz CT molecular complexity index is 1800. The minimum atomic E-state index is -2.69. The van der Waals surface area contributed by atoms with E-state index in [4.69, 9.17) is 4.98 Å². The Morgan fingerprint density at radius 3 is 1.49 bits per heavy atom. The Labute approximate surface area is 283 Å². The number of imidazole rings is 1. The van der Waals surface area contributed by atoms with Gasteiger partial charge in [-0.3, -0.25) is 4.98 Å². The Hall–Kier alpha value is -4.41. The summed E-state index contributed by atoms with van der Waals surface area (Å²) in [6.45, 7) is 13.9. The van der Waals surface area contributed by atoms with Crippen molar-refractivity contribution in [1.82, 2.24) is 9.55 Å². The van der Waals surface area contributed by atoms with Gasteiger partial charge in [0.1, 0.15) is 0 Å². The summed E-state index contributed by atoms with van der Waals surface area (Å²) >= 11 is 0. The van der Waals surface area contributed by atoms with Crippen molar-refractivity contribution in [2.75, 3.05) is 0 Å². The van der Waals surface area contributed by atoms with Crippen LogP contribution >= 0.6 is 0 Å². The average molecular weight is 630 g/mol. The van der Waals surface area contributed by atoms with E-state index in [1.165, 1.54) is 37.8 Å². The Morgan fingerprint density at radius 1 is 0.574 bits per heavy atom. The van der Waals surface area contributed by atoms with Crippen molar-refractivity contribution >= 4 is 36.6 Å². The molecule has 4 heteroatoms. The zero-order valence-corrected chi connectivity index (χ0v) is 29.7. The summed E-state index contributed by atoms with van der Waals surface area (Å²) in [5, 5.41) is 4.24. The zero-order valence-electron chi connectivity index (χ0n) is 28.7. The van der Waals surface area contributed by atoms with Crippen LogP contribution in [-0.4, -0.2) is 24.9 Å². The Balaban J connectivity index is 1.56. The van der Waals surface area contributed by atoms with E-state index in [-0.39, 0.29) is 16.6 Å². The van der Waals surface area contributed by atoms with E-state index in [9.17, 15) is 0 Å².